The number of carbonyl (C=O) groups excluding carboxylic acids is 1. The summed E-state index contributed by atoms with van der Waals surface area (Å²) in [5, 5.41) is 16.6. The smallest absolute Gasteiger partial charge is 0.335 e. The van der Waals surface area contributed by atoms with Crippen LogP contribution in [0.4, 0.5) is 0 Å². The van der Waals surface area contributed by atoms with E-state index in [-0.39, 0.29) is 24.7 Å². The first kappa shape index (κ1) is 24.7. The molecule has 186 valence electrons. The Balaban J connectivity index is 1.31. The lowest BCUT2D eigenvalue weighted by molar-refractivity contribution is -0.123. The summed E-state index contributed by atoms with van der Waals surface area (Å²) in [5.74, 6) is 0.0634. The average molecular weight is 481 g/mol. The molecule has 2 aliphatic rings. The van der Waals surface area contributed by atoms with Gasteiger partial charge < -0.3 is 24.7 Å². The molecule has 8 nitrogen and oxygen atoms in total. The molecule has 1 aliphatic heterocycles. The number of aryl methyl sites for hydroxylation is 1. The van der Waals surface area contributed by atoms with Gasteiger partial charge in [-0.3, -0.25) is 4.79 Å². The number of carboxylic acids is 1. The number of amides is 1. The van der Waals surface area contributed by atoms with Crippen LogP contribution in [-0.2, 0) is 27.4 Å². The molecule has 0 unspecified atom stereocenters. The number of ether oxygens (including phenoxy) is 2. The van der Waals surface area contributed by atoms with Gasteiger partial charge in [0.15, 0.2) is 6.61 Å². The molecule has 2 aromatic rings. The van der Waals surface area contributed by atoms with Gasteiger partial charge in [-0.05, 0) is 85.9 Å². The summed E-state index contributed by atoms with van der Waals surface area (Å²) in [6.45, 7) is 4.16. The first-order chi connectivity index (χ1) is 17.0. The predicted molar refractivity (Wildman–Crippen MR) is 131 cm³/mol. The molecule has 1 aliphatic carbocycles. The van der Waals surface area contributed by atoms with Crippen LogP contribution in [0, 0.1) is 12.8 Å². The van der Waals surface area contributed by atoms with E-state index in [0.717, 1.165) is 67.7 Å². The van der Waals surface area contributed by atoms with Crippen molar-refractivity contribution in [2.24, 2.45) is 11.1 Å². The largest absolute Gasteiger partial charge is 0.484 e. The number of nitrogens with one attached hydrogen (secondary N) is 1. The van der Waals surface area contributed by atoms with Gasteiger partial charge in [0, 0.05) is 25.3 Å². The Kier molecular flexibility index (Phi) is 8.36. The highest BCUT2D eigenvalue weighted by atomic mass is 16.6. The monoisotopic (exact) mass is 480 g/mol. The van der Waals surface area contributed by atoms with E-state index < -0.39 is 5.97 Å². The molecule has 0 aromatic heterocycles. The molecule has 2 N–H and O–H groups in total. The van der Waals surface area contributed by atoms with Crippen molar-refractivity contribution in [3.05, 3.63) is 64.2 Å². The van der Waals surface area contributed by atoms with Gasteiger partial charge in [-0.2, -0.15) is 0 Å². The maximum Gasteiger partial charge on any atom is 0.335 e. The number of carboxylic acid groups (broad SMARTS) is 1. The zero-order valence-electron chi connectivity index (χ0n) is 20.0. The summed E-state index contributed by atoms with van der Waals surface area (Å²) in [4.78, 5) is 29.1. The number of hydrogen-bond acceptors (Lipinski definition) is 6. The first-order valence-electron chi connectivity index (χ1n) is 12.1. The van der Waals surface area contributed by atoms with Crippen LogP contribution in [0.2, 0.25) is 0 Å². The quantitative estimate of drug-likeness (QED) is 0.528. The predicted octanol–water partition coefficient (Wildman–Crippen LogP) is 3.87. The van der Waals surface area contributed by atoms with Crippen LogP contribution >= 0.6 is 0 Å². The van der Waals surface area contributed by atoms with Crippen LogP contribution in [0.25, 0.3) is 0 Å². The molecular formula is C27H32N2O6. The second kappa shape index (κ2) is 11.8. The lowest BCUT2D eigenvalue weighted by atomic mass is 9.90. The maximum absolute atomic E-state index is 12.2. The van der Waals surface area contributed by atoms with Gasteiger partial charge in [0.25, 0.3) is 5.91 Å². The standard InChI is InChI=1S/C27H32N2O6/c1-18-21(5-2-6-23(18)27(31)32)16-35-29-25-7-3-4-20-14-22(8-9-24(20)25)34-17-26(30)28-15-19-10-12-33-13-11-19/h2,5-6,8-9,14,19H,3-4,7,10-13,15-17H2,1H3,(H,28,30)(H,31,32). The fourth-order valence-electron chi connectivity index (χ4n) is 4.48. The van der Waals surface area contributed by atoms with Crippen LogP contribution in [0.5, 0.6) is 5.75 Å². The summed E-state index contributed by atoms with van der Waals surface area (Å²) in [6.07, 6.45) is 4.61. The van der Waals surface area contributed by atoms with Gasteiger partial charge in [0.05, 0.1) is 11.3 Å². The number of benzene rings is 2. The highest BCUT2D eigenvalue weighted by Crippen LogP contribution is 2.26. The number of aromatic carboxylic acids is 1. The van der Waals surface area contributed by atoms with Crippen molar-refractivity contribution < 1.29 is 29.0 Å². The maximum atomic E-state index is 12.2. The average Bonchev–Trinajstić information content (AvgIpc) is 2.87. The third-order valence-electron chi connectivity index (χ3n) is 6.62. The number of oxime groups is 1. The van der Waals surface area contributed by atoms with Gasteiger partial charge in [-0.1, -0.05) is 17.3 Å². The zero-order valence-corrected chi connectivity index (χ0v) is 20.0. The van der Waals surface area contributed by atoms with E-state index in [1.807, 2.05) is 24.3 Å². The Labute approximate surface area is 205 Å². The van der Waals surface area contributed by atoms with Gasteiger partial charge in [0.2, 0.25) is 0 Å². The van der Waals surface area contributed by atoms with Gasteiger partial charge in [-0.15, -0.1) is 0 Å². The molecular weight excluding hydrogens is 448 g/mol. The van der Waals surface area contributed by atoms with Crippen molar-refractivity contribution >= 4 is 17.6 Å². The summed E-state index contributed by atoms with van der Waals surface area (Å²) in [7, 11) is 0. The van der Waals surface area contributed by atoms with E-state index in [4.69, 9.17) is 14.3 Å². The molecule has 0 radical (unpaired) electrons. The number of carbonyl (C=O) groups is 2. The van der Waals surface area contributed by atoms with Crippen molar-refractivity contribution in [1.29, 1.82) is 0 Å². The molecule has 8 heteroatoms. The van der Waals surface area contributed by atoms with E-state index in [0.29, 0.717) is 23.8 Å². The van der Waals surface area contributed by atoms with E-state index >= 15 is 0 Å². The highest BCUT2D eigenvalue weighted by molar-refractivity contribution is 6.02. The highest BCUT2D eigenvalue weighted by Gasteiger charge is 2.18. The molecule has 1 heterocycles. The van der Waals surface area contributed by atoms with Gasteiger partial charge in [0.1, 0.15) is 12.4 Å². The van der Waals surface area contributed by atoms with Crippen LogP contribution in [-0.4, -0.2) is 49.1 Å². The SMILES string of the molecule is Cc1c(CON=C2CCCc3cc(OCC(=O)NCC4CCOCC4)ccc32)cccc1C(=O)O. The Hall–Kier alpha value is -3.39. The van der Waals surface area contributed by atoms with E-state index in [1.54, 1.807) is 19.1 Å². The topological polar surface area (TPSA) is 106 Å². The molecule has 1 fully saturated rings. The molecule has 4 rings (SSSR count). The van der Waals surface area contributed by atoms with Crippen LogP contribution in [0.1, 0.15) is 58.3 Å². The third-order valence-corrected chi connectivity index (χ3v) is 6.62. The lowest BCUT2D eigenvalue weighted by Crippen LogP contribution is -2.35. The summed E-state index contributed by atoms with van der Waals surface area (Å²) < 4.78 is 11.1. The van der Waals surface area contributed by atoms with Gasteiger partial charge in [-0.25, -0.2) is 4.79 Å². The minimum atomic E-state index is -0.952. The fraction of sp³-hybridized carbons (Fsp3) is 0.444. The molecule has 0 atom stereocenters. The third kappa shape index (κ3) is 6.60. The molecule has 2 aromatic carbocycles. The fourth-order valence-corrected chi connectivity index (χ4v) is 4.48. The number of hydrogen-bond donors (Lipinski definition) is 2. The van der Waals surface area contributed by atoms with E-state index in [1.165, 1.54) is 0 Å². The normalized spacial score (nSPS) is 17.0. The Morgan fingerprint density at radius 2 is 2.00 bits per heavy atom. The summed E-state index contributed by atoms with van der Waals surface area (Å²) in [6, 6.07) is 10.9. The number of nitrogens with zero attached hydrogens (tertiary/aromatic N) is 1. The summed E-state index contributed by atoms with van der Waals surface area (Å²) >= 11 is 0. The summed E-state index contributed by atoms with van der Waals surface area (Å²) in [5.41, 5.74) is 4.74. The second-order valence-corrected chi connectivity index (χ2v) is 9.03. The zero-order chi connectivity index (χ0) is 24.6. The Morgan fingerprint density at radius 1 is 1.17 bits per heavy atom. The minimum Gasteiger partial charge on any atom is -0.484 e. The lowest BCUT2D eigenvalue weighted by Gasteiger charge is -2.22. The van der Waals surface area contributed by atoms with Gasteiger partial charge >= 0.3 is 5.97 Å². The number of rotatable bonds is 9. The van der Waals surface area contributed by atoms with Crippen molar-refractivity contribution in [3.8, 4) is 5.75 Å². The van der Waals surface area contributed by atoms with Crippen molar-refractivity contribution in [2.75, 3.05) is 26.4 Å². The van der Waals surface area contributed by atoms with Crippen LogP contribution in [0.15, 0.2) is 41.6 Å². The molecule has 1 amide bonds. The molecule has 0 bridgehead atoms. The Morgan fingerprint density at radius 3 is 2.80 bits per heavy atom. The van der Waals surface area contributed by atoms with E-state index in [9.17, 15) is 14.7 Å². The molecule has 0 spiro atoms. The van der Waals surface area contributed by atoms with Crippen molar-refractivity contribution in [3.63, 3.8) is 0 Å². The van der Waals surface area contributed by atoms with Crippen LogP contribution in [0.3, 0.4) is 0 Å². The number of fused-ring (bicyclic) bond motifs is 1. The first-order valence-corrected chi connectivity index (χ1v) is 12.1. The molecule has 0 saturated carbocycles. The molecule has 35 heavy (non-hydrogen) atoms. The molecule has 1 saturated heterocycles. The second-order valence-electron chi connectivity index (χ2n) is 9.03. The van der Waals surface area contributed by atoms with Crippen molar-refractivity contribution in [2.45, 2.75) is 45.6 Å². The Bertz CT molecular complexity index is 1090. The minimum absolute atomic E-state index is 0.0131. The van der Waals surface area contributed by atoms with Crippen LogP contribution < -0.4 is 10.1 Å². The van der Waals surface area contributed by atoms with E-state index in [2.05, 4.69) is 10.5 Å². The van der Waals surface area contributed by atoms with Crippen molar-refractivity contribution in [1.82, 2.24) is 5.32 Å².